The summed E-state index contributed by atoms with van der Waals surface area (Å²) in [6, 6.07) is -0.178. The summed E-state index contributed by atoms with van der Waals surface area (Å²) < 4.78 is 0. The highest BCUT2D eigenvalue weighted by Gasteiger charge is 2.31. The van der Waals surface area contributed by atoms with Crippen molar-refractivity contribution in [3.05, 3.63) is 0 Å². The molecule has 2 fully saturated rings. The molecule has 0 radical (unpaired) electrons. The van der Waals surface area contributed by atoms with Gasteiger partial charge in [0, 0.05) is 11.3 Å². The maximum atomic E-state index is 12.0. The first kappa shape index (κ1) is 15.6. The van der Waals surface area contributed by atoms with Crippen LogP contribution >= 0.6 is 11.8 Å². The maximum Gasteiger partial charge on any atom is 0.308 e. The first-order valence-corrected chi connectivity index (χ1v) is 8.56. The van der Waals surface area contributed by atoms with Crippen molar-refractivity contribution in [2.24, 2.45) is 5.92 Å². The lowest BCUT2D eigenvalue weighted by Gasteiger charge is -2.29. The summed E-state index contributed by atoms with van der Waals surface area (Å²) in [4.78, 5) is 23.2. The van der Waals surface area contributed by atoms with Crippen LogP contribution < -0.4 is 10.6 Å². The van der Waals surface area contributed by atoms with Gasteiger partial charge in [0.05, 0.1) is 11.7 Å². The van der Waals surface area contributed by atoms with Crippen LogP contribution in [0.4, 0.5) is 0 Å². The van der Waals surface area contributed by atoms with E-state index in [0.717, 1.165) is 45.2 Å². The van der Waals surface area contributed by atoms with Crippen LogP contribution in [0.1, 0.15) is 38.5 Å². The minimum Gasteiger partial charge on any atom is -0.481 e. The largest absolute Gasteiger partial charge is 0.481 e. The van der Waals surface area contributed by atoms with Crippen molar-refractivity contribution >= 4 is 23.6 Å². The van der Waals surface area contributed by atoms with Crippen molar-refractivity contribution in [3.63, 3.8) is 0 Å². The van der Waals surface area contributed by atoms with E-state index in [0.29, 0.717) is 17.4 Å². The van der Waals surface area contributed by atoms with Gasteiger partial charge in [-0.1, -0.05) is 12.8 Å². The van der Waals surface area contributed by atoms with Crippen molar-refractivity contribution in [1.29, 1.82) is 0 Å². The van der Waals surface area contributed by atoms with Crippen LogP contribution in [0.5, 0.6) is 0 Å². The lowest BCUT2D eigenvalue weighted by Crippen LogP contribution is -2.45. The Morgan fingerprint density at radius 1 is 1.15 bits per heavy atom. The molecule has 2 unspecified atom stereocenters. The molecule has 20 heavy (non-hydrogen) atoms. The predicted octanol–water partition coefficient (Wildman–Crippen LogP) is 1.23. The van der Waals surface area contributed by atoms with Crippen LogP contribution in [0.15, 0.2) is 0 Å². The molecule has 1 aliphatic heterocycles. The number of carbonyl (C=O) groups is 2. The fraction of sp³-hybridized carbons (Fsp3) is 0.857. The average molecular weight is 300 g/mol. The Morgan fingerprint density at radius 2 is 1.85 bits per heavy atom. The molecule has 0 aromatic rings. The average Bonchev–Trinajstić information content (AvgIpc) is 2.46. The zero-order chi connectivity index (χ0) is 14.4. The van der Waals surface area contributed by atoms with Crippen molar-refractivity contribution in [2.75, 3.05) is 18.8 Å². The van der Waals surface area contributed by atoms with Gasteiger partial charge in [0.2, 0.25) is 5.91 Å². The number of piperidine rings is 1. The van der Waals surface area contributed by atoms with E-state index in [1.54, 1.807) is 11.8 Å². The van der Waals surface area contributed by atoms with Crippen molar-refractivity contribution in [3.8, 4) is 0 Å². The van der Waals surface area contributed by atoms with Crippen LogP contribution in [0.3, 0.4) is 0 Å². The Morgan fingerprint density at radius 3 is 2.55 bits per heavy atom. The summed E-state index contributed by atoms with van der Waals surface area (Å²) in [6.45, 7) is 2.06. The van der Waals surface area contributed by atoms with Crippen molar-refractivity contribution < 1.29 is 14.7 Å². The molecule has 114 valence electrons. The third kappa shape index (κ3) is 4.66. The molecule has 0 bridgehead atoms. The number of nitrogens with one attached hydrogen (secondary N) is 2. The summed E-state index contributed by atoms with van der Waals surface area (Å²) in [7, 11) is 0. The van der Waals surface area contributed by atoms with Gasteiger partial charge in [0.1, 0.15) is 0 Å². The summed E-state index contributed by atoms with van der Waals surface area (Å²) in [5, 5.41) is 16.0. The maximum absolute atomic E-state index is 12.0. The second kappa shape index (κ2) is 7.88. The lowest BCUT2D eigenvalue weighted by atomic mass is 9.84. The number of hydrogen-bond donors (Lipinski definition) is 3. The first-order valence-electron chi connectivity index (χ1n) is 7.51. The number of thioether (sulfide) groups is 1. The van der Waals surface area contributed by atoms with Gasteiger partial charge in [-0.05, 0) is 38.8 Å². The van der Waals surface area contributed by atoms with Gasteiger partial charge in [0.25, 0.3) is 0 Å². The molecule has 1 aliphatic carbocycles. The van der Waals surface area contributed by atoms with Gasteiger partial charge in [-0.15, -0.1) is 11.8 Å². The van der Waals surface area contributed by atoms with E-state index in [1.807, 2.05) is 0 Å². The van der Waals surface area contributed by atoms with E-state index in [1.165, 1.54) is 0 Å². The predicted molar refractivity (Wildman–Crippen MR) is 79.9 cm³/mol. The van der Waals surface area contributed by atoms with Gasteiger partial charge in [-0.3, -0.25) is 9.59 Å². The Balaban J connectivity index is 1.73. The molecule has 1 amide bonds. The fourth-order valence-electron chi connectivity index (χ4n) is 3.00. The van der Waals surface area contributed by atoms with Crippen LogP contribution in [0.25, 0.3) is 0 Å². The molecule has 1 heterocycles. The summed E-state index contributed by atoms with van der Waals surface area (Å²) in [6.07, 6.45) is 5.66. The summed E-state index contributed by atoms with van der Waals surface area (Å²) in [5.41, 5.74) is 0. The normalized spacial score (nSPS) is 28.0. The van der Waals surface area contributed by atoms with E-state index in [2.05, 4.69) is 10.6 Å². The number of hydrogen-bond acceptors (Lipinski definition) is 4. The smallest absolute Gasteiger partial charge is 0.308 e. The molecule has 2 rings (SSSR count). The van der Waals surface area contributed by atoms with Crippen molar-refractivity contribution in [2.45, 2.75) is 49.8 Å². The molecule has 3 N–H and O–H groups in total. The third-order valence-corrected chi connectivity index (χ3v) is 5.54. The molecule has 2 atom stereocenters. The fourth-order valence-corrected chi connectivity index (χ4v) is 4.04. The molecule has 1 saturated heterocycles. The Hall–Kier alpha value is -0.750. The third-order valence-electron chi connectivity index (χ3n) is 4.17. The van der Waals surface area contributed by atoms with Crippen LogP contribution in [0.2, 0.25) is 0 Å². The minimum absolute atomic E-state index is 0.00770. The molecule has 0 aromatic carbocycles. The van der Waals surface area contributed by atoms with Gasteiger partial charge in [-0.25, -0.2) is 0 Å². The molecule has 6 heteroatoms. The molecule has 1 saturated carbocycles. The van der Waals surface area contributed by atoms with E-state index in [9.17, 15) is 14.7 Å². The standard InChI is InChI=1S/C14H24N2O3S/c17-13(9-20-10-5-7-15-8-6-10)16-12-4-2-1-3-11(12)14(18)19/h10-12,15H,1-9H2,(H,16,17)(H,18,19). The molecular formula is C14H24N2O3S. The Bertz CT molecular complexity index is 345. The number of carbonyl (C=O) groups excluding carboxylic acids is 1. The Labute approximate surface area is 124 Å². The monoisotopic (exact) mass is 300 g/mol. The van der Waals surface area contributed by atoms with E-state index >= 15 is 0 Å². The number of carboxylic acid groups (broad SMARTS) is 1. The van der Waals surface area contributed by atoms with E-state index in [4.69, 9.17) is 0 Å². The van der Waals surface area contributed by atoms with Gasteiger partial charge in [-0.2, -0.15) is 0 Å². The molecule has 0 spiro atoms. The summed E-state index contributed by atoms with van der Waals surface area (Å²) in [5.74, 6) is -0.739. The highest BCUT2D eigenvalue weighted by molar-refractivity contribution is 8.00. The molecule has 5 nitrogen and oxygen atoms in total. The van der Waals surface area contributed by atoms with Crippen LogP contribution in [-0.2, 0) is 9.59 Å². The van der Waals surface area contributed by atoms with Gasteiger partial charge < -0.3 is 15.7 Å². The quantitative estimate of drug-likeness (QED) is 0.712. The number of rotatable bonds is 5. The molecule has 0 aromatic heterocycles. The molecular weight excluding hydrogens is 276 g/mol. The SMILES string of the molecule is O=C(CSC1CCNCC1)NC1CCCCC1C(=O)O. The second-order valence-corrected chi connectivity index (χ2v) is 6.95. The Kier molecular flexibility index (Phi) is 6.16. The molecule has 2 aliphatic rings. The number of amides is 1. The van der Waals surface area contributed by atoms with E-state index < -0.39 is 11.9 Å². The summed E-state index contributed by atoms with van der Waals surface area (Å²) >= 11 is 1.70. The van der Waals surface area contributed by atoms with Crippen LogP contribution in [-0.4, -0.2) is 47.1 Å². The zero-order valence-electron chi connectivity index (χ0n) is 11.8. The van der Waals surface area contributed by atoms with Crippen LogP contribution in [0, 0.1) is 5.92 Å². The van der Waals surface area contributed by atoms with E-state index in [-0.39, 0.29) is 11.9 Å². The minimum atomic E-state index is -0.777. The topological polar surface area (TPSA) is 78.4 Å². The highest BCUT2D eigenvalue weighted by atomic mass is 32.2. The number of carboxylic acids is 1. The highest BCUT2D eigenvalue weighted by Crippen LogP contribution is 2.25. The second-order valence-electron chi connectivity index (χ2n) is 5.66. The first-order chi connectivity index (χ1) is 9.66. The van der Waals surface area contributed by atoms with Crippen molar-refractivity contribution in [1.82, 2.24) is 10.6 Å². The van der Waals surface area contributed by atoms with Gasteiger partial charge >= 0.3 is 5.97 Å². The lowest BCUT2D eigenvalue weighted by molar-refractivity contribution is -0.144. The zero-order valence-corrected chi connectivity index (χ0v) is 12.6. The van der Waals surface area contributed by atoms with Gasteiger partial charge in [0.15, 0.2) is 0 Å². The number of aliphatic carboxylic acids is 1.